The van der Waals surface area contributed by atoms with Gasteiger partial charge in [0.1, 0.15) is 18.1 Å². The van der Waals surface area contributed by atoms with Crippen molar-refractivity contribution in [1.82, 2.24) is 5.32 Å². The van der Waals surface area contributed by atoms with Crippen molar-refractivity contribution in [3.63, 3.8) is 0 Å². The molecule has 0 unspecified atom stereocenters. The van der Waals surface area contributed by atoms with Gasteiger partial charge in [-0.1, -0.05) is 30.3 Å². The lowest BCUT2D eigenvalue weighted by atomic mass is 10.1. The number of hydrogen-bond donors (Lipinski definition) is 1. The Kier molecular flexibility index (Phi) is 4.85. The normalized spacial score (nSPS) is 12.9. The van der Waals surface area contributed by atoms with Crippen molar-refractivity contribution in [2.45, 2.75) is 26.5 Å². The van der Waals surface area contributed by atoms with E-state index in [1.165, 1.54) is 0 Å². The summed E-state index contributed by atoms with van der Waals surface area (Å²) >= 11 is 0. The zero-order valence-corrected chi connectivity index (χ0v) is 13.9. The number of para-hydroxylation sites is 1. The summed E-state index contributed by atoms with van der Waals surface area (Å²) in [5.74, 6) is 1.54. The van der Waals surface area contributed by atoms with Crippen molar-refractivity contribution in [2.24, 2.45) is 0 Å². The first-order chi connectivity index (χ1) is 11.6. The van der Waals surface area contributed by atoms with Gasteiger partial charge in [-0.05, 0) is 43.7 Å². The van der Waals surface area contributed by atoms with Gasteiger partial charge in [-0.3, -0.25) is 4.79 Å². The Morgan fingerprint density at radius 2 is 1.92 bits per heavy atom. The smallest absolute Gasteiger partial charge is 0.250 e. The summed E-state index contributed by atoms with van der Waals surface area (Å²) in [5, 5.41) is 2.93. The van der Waals surface area contributed by atoms with Crippen LogP contribution in [0.3, 0.4) is 0 Å². The molecule has 0 fully saturated rings. The van der Waals surface area contributed by atoms with Gasteiger partial charge < -0.3 is 14.8 Å². The summed E-state index contributed by atoms with van der Waals surface area (Å²) in [4.78, 5) is 12.3. The monoisotopic (exact) mass is 323 g/mol. The van der Waals surface area contributed by atoms with Crippen molar-refractivity contribution in [1.29, 1.82) is 0 Å². The number of carbonyl (C=O) groups excluding carboxylic acids is 1. The average Bonchev–Trinajstić information content (AvgIpc) is 2.60. The fourth-order valence-electron chi connectivity index (χ4n) is 2.50. The highest BCUT2D eigenvalue weighted by molar-refractivity contribution is 5.99. The van der Waals surface area contributed by atoms with Crippen LogP contribution in [0.1, 0.15) is 25.0 Å². The zero-order chi connectivity index (χ0) is 16.9. The molecule has 0 spiro atoms. The molecule has 2 aromatic carbocycles. The fraction of sp³-hybridized carbons (Fsp3) is 0.250. The Labute approximate surface area is 142 Å². The second kappa shape index (κ2) is 7.21. The van der Waals surface area contributed by atoms with Crippen LogP contribution >= 0.6 is 0 Å². The molecule has 24 heavy (non-hydrogen) atoms. The number of hydrogen-bond acceptors (Lipinski definition) is 3. The molecule has 0 aromatic heterocycles. The van der Waals surface area contributed by atoms with Crippen LogP contribution in [0.2, 0.25) is 0 Å². The lowest BCUT2D eigenvalue weighted by Gasteiger charge is -2.17. The van der Waals surface area contributed by atoms with Gasteiger partial charge >= 0.3 is 0 Å². The van der Waals surface area contributed by atoms with Crippen LogP contribution in [0.5, 0.6) is 11.5 Å². The van der Waals surface area contributed by atoms with Crippen LogP contribution in [-0.4, -0.2) is 18.6 Å². The zero-order valence-electron chi connectivity index (χ0n) is 13.9. The lowest BCUT2D eigenvalue weighted by Crippen LogP contribution is -2.28. The molecule has 0 bridgehead atoms. The van der Waals surface area contributed by atoms with E-state index in [9.17, 15) is 4.79 Å². The van der Waals surface area contributed by atoms with Crippen LogP contribution < -0.4 is 14.8 Å². The van der Waals surface area contributed by atoms with Gasteiger partial charge in [0.15, 0.2) is 0 Å². The van der Waals surface area contributed by atoms with E-state index in [1.807, 2.05) is 68.5 Å². The first kappa shape index (κ1) is 16.1. The third-order valence-corrected chi connectivity index (χ3v) is 3.67. The van der Waals surface area contributed by atoms with Gasteiger partial charge in [0.05, 0.1) is 11.7 Å². The molecule has 1 heterocycles. The number of nitrogens with one attached hydrogen (secondary N) is 1. The summed E-state index contributed by atoms with van der Waals surface area (Å²) in [6.45, 7) is 4.75. The molecule has 1 amide bonds. The van der Waals surface area contributed by atoms with Crippen LogP contribution in [-0.2, 0) is 11.3 Å². The van der Waals surface area contributed by atoms with Crippen molar-refractivity contribution in [3.8, 4) is 11.5 Å². The van der Waals surface area contributed by atoms with Crippen molar-refractivity contribution in [2.75, 3.05) is 6.61 Å². The number of fused-ring (bicyclic) bond motifs is 1. The molecule has 4 nitrogen and oxygen atoms in total. The Balaban J connectivity index is 1.59. The molecule has 0 saturated heterocycles. The SMILES string of the molecule is CC(C)Oc1ccc(CNC(=O)C2=Cc3ccccc3OC2)cc1. The van der Waals surface area contributed by atoms with Crippen molar-refractivity contribution >= 4 is 12.0 Å². The van der Waals surface area contributed by atoms with E-state index < -0.39 is 0 Å². The highest BCUT2D eigenvalue weighted by Crippen LogP contribution is 2.25. The predicted molar refractivity (Wildman–Crippen MR) is 94.0 cm³/mol. The summed E-state index contributed by atoms with van der Waals surface area (Å²) < 4.78 is 11.2. The van der Waals surface area contributed by atoms with E-state index in [-0.39, 0.29) is 12.0 Å². The number of ether oxygens (including phenoxy) is 2. The third kappa shape index (κ3) is 3.96. The summed E-state index contributed by atoms with van der Waals surface area (Å²) in [5.41, 5.74) is 2.59. The number of amides is 1. The van der Waals surface area contributed by atoms with Gasteiger partial charge in [0.2, 0.25) is 0 Å². The summed E-state index contributed by atoms with van der Waals surface area (Å²) in [6.07, 6.45) is 2.03. The quantitative estimate of drug-likeness (QED) is 0.915. The van der Waals surface area contributed by atoms with Crippen LogP contribution in [0.25, 0.3) is 6.08 Å². The minimum Gasteiger partial charge on any atom is -0.491 e. The minimum atomic E-state index is -0.105. The Morgan fingerprint density at radius 1 is 1.17 bits per heavy atom. The molecule has 2 aromatic rings. The molecule has 1 aliphatic heterocycles. The number of carbonyl (C=O) groups is 1. The van der Waals surface area contributed by atoms with Gasteiger partial charge in [-0.25, -0.2) is 0 Å². The van der Waals surface area contributed by atoms with Crippen LogP contribution in [0, 0.1) is 0 Å². The van der Waals surface area contributed by atoms with Crippen molar-refractivity contribution in [3.05, 3.63) is 65.2 Å². The molecular formula is C20H21NO3. The second-order valence-electron chi connectivity index (χ2n) is 5.99. The number of rotatable bonds is 5. The molecule has 3 rings (SSSR count). The number of benzene rings is 2. The Morgan fingerprint density at radius 3 is 2.67 bits per heavy atom. The van der Waals surface area contributed by atoms with Gasteiger partial charge in [0, 0.05) is 12.1 Å². The molecule has 1 N–H and O–H groups in total. The lowest BCUT2D eigenvalue weighted by molar-refractivity contribution is -0.117. The maximum atomic E-state index is 12.3. The molecule has 0 radical (unpaired) electrons. The van der Waals surface area contributed by atoms with E-state index in [2.05, 4.69) is 5.32 Å². The minimum absolute atomic E-state index is 0.105. The highest BCUT2D eigenvalue weighted by Gasteiger charge is 2.16. The summed E-state index contributed by atoms with van der Waals surface area (Å²) in [6, 6.07) is 15.4. The molecule has 0 aliphatic carbocycles. The van der Waals surface area contributed by atoms with Crippen LogP contribution in [0.15, 0.2) is 54.1 Å². The Hall–Kier alpha value is -2.75. The predicted octanol–water partition coefficient (Wildman–Crippen LogP) is 3.57. The topological polar surface area (TPSA) is 47.6 Å². The first-order valence-electron chi connectivity index (χ1n) is 8.08. The third-order valence-electron chi connectivity index (χ3n) is 3.67. The van der Waals surface area contributed by atoms with E-state index in [0.717, 1.165) is 22.6 Å². The van der Waals surface area contributed by atoms with E-state index in [0.29, 0.717) is 18.7 Å². The molecule has 4 heteroatoms. The van der Waals surface area contributed by atoms with Gasteiger partial charge in [-0.2, -0.15) is 0 Å². The standard InChI is InChI=1S/C20H21NO3/c1-14(2)24-18-9-7-15(8-10-18)12-21-20(22)17-11-16-5-3-4-6-19(16)23-13-17/h3-11,14H,12-13H2,1-2H3,(H,21,22). The molecule has 1 aliphatic rings. The molecule has 124 valence electrons. The van der Waals surface area contributed by atoms with E-state index in [4.69, 9.17) is 9.47 Å². The van der Waals surface area contributed by atoms with E-state index in [1.54, 1.807) is 0 Å². The van der Waals surface area contributed by atoms with Gasteiger partial charge in [-0.15, -0.1) is 0 Å². The maximum absolute atomic E-state index is 12.3. The Bertz CT molecular complexity index is 748. The maximum Gasteiger partial charge on any atom is 0.250 e. The van der Waals surface area contributed by atoms with Crippen molar-refractivity contribution < 1.29 is 14.3 Å². The highest BCUT2D eigenvalue weighted by atomic mass is 16.5. The molecule has 0 saturated carbocycles. The van der Waals surface area contributed by atoms with E-state index >= 15 is 0 Å². The largest absolute Gasteiger partial charge is 0.491 e. The first-order valence-corrected chi connectivity index (χ1v) is 8.08. The molecular weight excluding hydrogens is 302 g/mol. The molecule has 0 atom stereocenters. The average molecular weight is 323 g/mol. The van der Waals surface area contributed by atoms with Gasteiger partial charge in [0.25, 0.3) is 5.91 Å². The fourth-order valence-corrected chi connectivity index (χ4v) is 2.50. The second-order valence-corrected chi connectivity index (χ2v) is 5.99. The summed E-state index contributed by atoms with van der Waals surface area (Å²) in [7, 11) is 0. The van der Waals surface area contributed by atoms with Crippen LogP contribution in [0.4, 0.5) is 0 Å².